The molecule has 4 atom stereocenters. The number of hydrogen-bond acceptors (Lipinski definition) is 2. The predicted molar refractivity (Wildman–Crippen MR) is 99.6 cm³/mol. The first kappa shape index (κ1) is 16.9. The standard InChI is InChI=1S/C22H31NO2/c1-13-10-14-12-17-21(4)8-9-23-19(25)20(2,3)16(21)6-7-22(17,5)18(14)15(24)11-13/h10-11,16-17,24H,6-9,12H2,1-5H3,(H,23,25)/t16-,17+,21-,22+/m1/s1. The van der Waals surface area contributed by atoms with Crippen LogP contribution in [0.25, 0.3) is 0 Å². The van der Waals surface area contributed by atoms with Gasteiger partial charge in [-0.1, -0.05) is 33.8 Å². The van der Waals surface area contributed by atoms with Crippen LogP contribution < -0.4 is 5.32 Å². The fourth-order valence-corrected chi connectivity index (χ4v) is 6.92. The highest BCUT2D eigenvalue weighted by Gasteiger charge is 2.62. The van der Waals surface area contributed by atoms with Crippen LogP contribution in [0, 0.1) is 29.6 Å². The van der Waals surface area contributed by atoms with Crippen molar-refractivity contribution < 1.29 is 9.90 Å². The average molecular weight is 341 g/mol. The van der Waals surface area contributed by atoms with Gasteiger partial charge in [0.2, 0.25) is 5.91 Å². The largest absolute Gasteiger partial charge is 0.508 e. The van der Waals surface area contributed by atoms with Crippen LogP contribution in [0.4, 0.5) is 0 Å². The molecule has 0 unspecified atom stereocenters. The van der Waals surface area contributed by atoms with Gasteiger partial charge in [-0.15, -0.1) is 0 Å². The third-order valence-corrected chi connectivity index (χ3v) is 8.06. The van der Waals surface area contributed by atoms with Gasteiger partial charge in [-0.2, -0.15) is 0 Å². The minimum atomic E-state index is -0.334. The number of aromatic hydroxyl groups is 1. The first-order valence-corrected chi connectivity index (χ1v) is 9.72. The number of aryl methyl sites for hydroxylation is 1. The number of phenolic OH excluding ortho intramolecular Hbond substituents is 1. The molecule has 136 valence electrons. The van der Waals surface area contributed by atoms with Crippen LogP contribution in [-0.4, -0.2) is 17.6 Å². The molecule has 0 aromatic heterocycles. The highest BCUT2D eigenvalue weighted by Crippen LogP contribution is 2.66. The maximum Gasteiger partial charge on any atom is 0.225 e. The van der Waals surface area contributed by atoms with Gasteiger partial charge in [-0.3, -0.25) is 4.79 Å². The number of benzene rings is 1. The van der Waals surface area contributed by atoms with Gasteiger partial charge in [0.15, 0.2) is 0 Å². The molecular weight excluding hydrogens is 310 g/mol. The van der Waals surface area contributed by atoms with Crippen molar-refractivity contribution >= 4 is 5.91 Å². The van der Waals surface area contributed by atoms with Crippen molar-refractivity contribution in [3.05, 3.63) is 28.8 Å². The number of phenols is 1. The molecule has 3 nitrogen and oxygen atoms in total. The first-order valence-electron chi connectivity index (χ1n) is 9.72. The summed E-state index contributed by atoms with van der Waals surface area (Å²) in [6, 6.07) is 4.19. The summed E-state index contributed by atoms with van der Waals surface area (Å²) in [5.41, 5.74) is 3.44. The predicted octanol–water partition coefficient (Wildman–Crippen LogP) is 4.09. The molecule has 1 amide bonds. The molecule has 4 rings (SSSR count). The summed E-state index contributed by atoms with van der Waals surface area (Å²) < 4.78 is 0. The lowest BCUT2D eigenvalue weighted by Gasteiger charge is -2.56. The summed E-state index contributed by atoms with van der Waals surface area (Å²) in [5, 5.41) is 13.9. The molecule has 0 spiro atoms. The molecule has 0 bridgehead atoms. The highest BCUT2D eigenvalue weighted by atomic mass is 16.3. The Morgan fingerprint density at radius 1 is 1.12 bits per heavy atom. The van der Waals surface area contributed by atoms with Crippen LogP contribution in [-0.2, 0) is 16.6 Å². The van der Waals surface area contributed by atoms with E-state index >= 15 is 0 Å². The Morgan fingerprint density at radius 3 is 2.56 bits per heavy atom. The Labute approximate surface area is 151 Å². The fourth-order valence-electron chi connectivity index (χ4n) is 6.92. The van der Waals surface area contributed by atoms with Crippen LogP contribution in [0.3, 0.4) is 0 Å². The van der Waals surface area contributed by atoms with E-state index in [0.29, 0.717) is 17.6 Å². The zero-order valence-corrected chi connectivity index (χ0v) is 16.2. The molecule has 25 heavy (non-hydrogen) atoms. The molecule has 3 heteroatoms. The van der Waals surface area contributed by atoms with Crippen molar-refractivity contribution in [3.8, 4) is 5.75 Å². The maximum atomic E-state index is 12.7. The van der Waals surface area contributed by atoms with Gasteiger partial charge in [-0.05, 0) is 67.1 Å². The molecule has 2 N–H and O–H groups in total. The second-order valence-corrected chi connectivity index (χ2v) is 9.82. The van der Waals surface area contributed by atoms with Gasteiger partial charge in [0.25, 0.3) is 0 Å². The van der Waals surface area contributed by atoms with Crippen LogP contribution >= 0.6 is 0 Å². The zero-order chi connectivity index (χ0) is 18.2. The minimum Gasteiger partial charge on any atom is -0.508 e. The monoisotopic (exact) mass is 341 g/mol. The quantitative estimate of drug-likeness (QED) is 0.746. The van der Waals surface area contributed by atoms with E-state index in [1.807, 2.05) is 6.07 Å². The molecule has 1 aromatic carbocycles. The number of nitrogens with one attached hydrogen (secondary N) is 1. The van der Waals surface area contributed by atoms with Gasteiger partial charge in [0, 0.05) is 22.9 Å². The van der Waals surface area contributed by atoms with Crippen LogP contribution in [0.1, 0.15) is 63.6 Å². The molecule has 3 aliphatic rings. The molecule has 1 heterocycles. The zero-order valence-electron chi connectivity index (χ0n) is 16.2. The molecule has 1 saturated carbocycles. The Balaban J connectivity index is 1.85. The second kappa shape index (κ2) is 5.02. The maximum absolute atomic E-state index is 12.7. The van der Waals surface area contributed by atoms with E-state index in [-0.39, 0.29) is 22.2 Å². The van der Waals surface area contributed by atoms with Gasteiger partial charge in [-0.25, -0.2) is 0 Å². The molecule has 0 radical (unpaired) electrons. The summed E-state index contributed by atoms with van der Waals surface area (Å²) in [5.74, 6) is 1.55. The number of amides is 1. The first-order chi connectivity index (χ1) is 11.6. The van der Waals surface area contributed by atoms with Gasteiger partial charge in [0.05, 0.1) is 0 Å². The third-order valence-electron chi connectivity index (χ3n) is 8.06. The minimum absolute atomic E-state index is 0.0157. The fraction of sp³-hybridized carbons (Fsp3) is 0.682. The van der Waals surface area contributed by atoms with Crippen molar-refractivity contribution in [1.82, 2.24) is 5.32 Å². The Bertz CT molecular complexity index is 753. The van der Waals surface area contributed by atoms with E-state index in [1.54, 1.807) is 0 Å². The summed E-state index contributed by atoms with van der Waals surface area (Å²) in [6.07, 6.45) is 4.16. The van der Waals surface area contributed by atoms with E-state index < -0.39 is 0 Å². The van der Waals surface area contributed by atoms with Crippen molar-refractivity contribution in [1.29, 1.82) is 0 Å². The number of fused-ring (bicyclic) bond motifs is 5. The Kier molecular flexibility index (Phi) is 3.40. The Morgan fingerprint density at radius 2 is 1.84 bits per heavy atom. The number of rotatable bonds is 0. The normalized spacial score (nSPS) is 39.0. The highest BCUT2D eigenvalue weighted by molar-refractivity contribution is 5.82. The summed E-state index contributed by atoms with van der Waals surface area (Å²) in [6.45, 7) is 11.9. The lowest BCUT2D eigenvalue weighted by Crippen LogP contribution is -2.54. The lowest BCUT2D eigenvalue weighted by molar-refractivity contribution is -0.138. The molecular formula is C22H31NO2. The molecule has 1 aromatic rings. The van der Waals surface area contributed by atoms with Crippen molar-refractivity contribution in [2.75, 3.05) is 6.54 Å². The van der Waals surface area contributed by atoms with Crippen LogP contribution in [0.5, 0.6) is 5.75 Å². The van der Waals surface area contributed by atoms with E-state index in [2.05, 4.69) is 46.0 Å². The van der Waals surface area contributed by atoms with Crippen LogP contribution in [0.15, 0.2) is 12.1 Å². The summed E-state index contributed by atoms with van der Waals surface area (Å²) >= 11 is 0. The van der Waals surface area contributed by atoms with Gasteiger partial charge in [0.1, 0.15) is 5.75 Å². The number of hydrogen-bond donors (Lipinski definition) is 2. The topological polar surface area (TPSA) is 49.3 Å². The number of carbonyl (C=O) groups is 1. The van der Waals surface area contributed by atoms with Crippen LogP contribution in [0.2, 0.25) is 0 Å². The van der Waals surface area contributed by atoms with Gasteiger partial charge >= 0.3 is 0 Å². The third kappa shape index (κ3) is 2.07. The SMILES string of the molecule is Cc1cc(O)c2c(c1)C[C@H]1[C@]3(C)CCNC(=O)C(C)(C)[C@H]3CC[C@]21C. The molecule has 2 fully saturated rings. The van der Waals surface area contributed by atoms with Crippen molar-refractivity contribution in [2.45, 2.75) is 65.7 Å². The van der Waals surface area contributed by atoms with Crippen molar-refractivity contribution in [2.24, 2.45) is 22.7 Å². The molecule has 1 saturated heterocycles. The van der Waals surface area contributed by atoms with E-state index in [9.17, 15) is 9.90 Å². The van der Waals surface area contributed by atoms with Gasteiger partial charge < -0.3 is 10.4 Å². The summed E-state index contributed by atoms with van der Waals surface area (Å²) in [4.78, 5) is 12.7. The number of carbonyl (C=O) groups excluding carboxylic acids is 1. The van der Waals surface area contributed by atoms with Crippen molar-refractivity contribution in [3.63, 3.8) is 0 Å². The molecule has 2 aliphatic carbocycles. The molecule has 1 aliphatic heterocycles. The van der Waals surface area contributed by atoms with E-state index in [1.165, 1.54) is 11.1 Å². The van der Waals surface area contributed by atoms with E-state index in [4.69, 9.17) is 0 Å². The second-order valence-electron chi connectivity index (χ2n) is 9.82. The average Bonchev–Trinajstić information content (AvgIpc) is 2.76. The Hall–Kier alpha value is -1.51. The lowest BCUT2D eigenvalue weighted by atomic mass is 9.47. The van der Waals surface area contributed by atoms with E-state index in [0.717, 1.165) is 37.8 Å². The smallest absolute Gasteiger partial charge is 0.225 e. The summed E-state index contributed by atoms with van der Waals surface area (Å²) in [7, 11) is 0.